The van der Waals surface area contributed by atoms with Crippen LogP contribution in [0, 0.1) is 0 Å². The summed E-state index contributed by atoms with van der Waals surface area (Å²) in [6.45, 7) is 14.2. The van der Waals surface area contributed by atoms with Crippen molar-refractivity contribution < 1.29 is 0 Å². The van der Waals surface area contributed by atoms with Crippen molar-refractivity contribution in [1.82, 2.24) is 0 Å². The van der Waals surface area contributed by atoms with Gasteiger partial charge in [-0.3, -0.25) is 0 Å². The van der Waals surface area contributed by atoms with Crippen molar-refractivity contribution in [3.05, 3.63) is 300 Å². The molecule has 0 aliphatic heterocycles. The third-order valence-corrected chi connectivity index (χ3v) is 16.2. The normalized spacial score (nSPS) is 12.8. The monoisotopic (exact) mass is 966 g/mol. The van der Waals surface area contributed by atoms with E-state index in [0.29, 0.717) is 0 Å². The van der Waals surface area contributed by atoms with Crippen molar-refractivity contribution in [3.63, 3.8) is 0 Å². The van der Waals surface area contributed by atoms with E-state index in [-0.39, 0.29) is 16.2 Å². The standard InChI is InChI=1S/C73H62N2/c1-71(2,56-26-15-9-16-27-56)58-36-44-61(45-37-58)74(60-40-31-53(32-41-60)51-21-11-7-12-22-51)64-49-67-69(66-48-35-55-25-19-20-30-65(55)70(66)73(67,5)6)68(50-64)75(62-42-33-54(34-43-62)52-23-13-8-14-24-52)63-46-38-59(39-47-63)72(3,4)57-28-17-10-18-29-57/h7-50H,1-6H3. The van der Waals surface area contributed by atoms with Gasteiger partial charge in [-0.25, -0.2) is 0 Å². The van der Waals surface area contributed by atoms with Gasteiger partial charge in [-0.15, -0.1) is 0 Å². The summed E-state index contributed by atoms with van der Waals surface area (Å²) in [5, 5.41) is 2.54. The van der Waals surface area contributed by atoms with Crippen LogP contribution in [0.5, 0.6) is 0 Å². The molecule has 11 aromatic carbocycles. The molecule has 0 spiro atoms. The fourth-order valence-electron chi connectivity index (χ4n) is 11.8. The average molecular weight is 967 g/mol. The van der Waals surface area contributed by atoms with Crippen molar-refractivity contribution in [2.75, 3.05) is 9.80 Å². The van der Waals surface area contributed by atoms with Crippen LogP contribution in [0.25, 0.3) is 44.2 Å². The molecule has 0 amide bonds. The summed E-state index contributed by atoms with van der Waals surface area (Å²) in [6.07, 6.45) is 0. The molecule has 0 heterocycles. The molecule has 0 fully saturated rings. The number of nitrogens with zero attached hydrogens (tertiary/aromatic N) is 2. The molecule has 2 heteroatoms. The topological polar surface area (TPSA) is 6.48 Å². The zero-order valence-corrected chi connectivity index (χ0v) is 43.8. The summed E-state index contributed by atoms with van der Waals surface area (Å²) >= 11 is 0. The predicted octanol–water partition coefficient (Wildman–Crippen LogP) is 20.1. The van der Waals surface area contributed by atoms with Crippen LogP contribution >= 0.6 is 0 Å². The van der Waals surface area contributed by atoms with Gasteiger partial charge in [0.1, 0.15) is 0 Å². The molecular formula is C73H62N2. The van der Waals surface area contributed by atoms with E-state index in [1.807, 2.05) is 0 Å². The van der Waals surface area contributed by atoms with Gasteiger partial charge in [0.15, 0.2) is 0 Å². The smallest absolute Gasteiger partial charge is 0.0564 e. The molecule has 0 saturated carbocycles. The van der Waals surface area contributed by atoms with Crippen molar-refractivity contribution in [3.8, 4) is 33.4 Å². The quantitative estimate of drug-likeness (QED) is 0.120. The molecular weight excluding hydrogens is 905 g/mol. The molecule has 364 valence electrons. The second-order valence-electron chi connectivity index (χ2n) is 21.8. The first-order chi connectivity index (χ1) is 36.5. The highest BCUT2D eigenvalue weighted by Gasteiger charge is 2.41. The fraction of sp³-hybridized carbons (Fsp3) is 0.123. The Morgan fingerprint density at radius 2 is 0.693 bits per heavy atom. The summed E-state index contributed by atoms with van der Waals surface area (Å²) in [5.41, 5.74) is 20.9. The molecule has 0 aromatic heterocycles. The lowest BCUT2D eigenvalue weighted by molar-refractivity contribution is 0.641. The Hall–Kier alpha value is -8.72. The average Bonchev–Trinajstić information content (AvgIpc) is 3.73. The summed E-state index contributed by atoms with van der Waals surface area (Å²) in [7, 11) is 0. The van der Waals surface area contributed by atoms with Gasteiger partial charge in [0.05, 0.1) is 5.69 Å². The van der Waals surface area contributed by atoms with Gasteiger partial charge in [-0.1, -0.05) is 248 Å². The minimum absolute atomic E-state index is 0.191. The minimum atomic E-state index is -0.352. The Morgan fingerprint density at radius 1 is 0.320 bits per heavy atom. The van der Waals surface area contributed by atoms with Crippen LogP contribution in [-0.2, 0) is 16.2 Å². The first kappa shape index (κ1) is 47.3. The molecule has 11 aromatic rings. The summed E-state index contributed by atoms with van der Waals surface area (Å²) < 4.78 is 0. The maximum Gasteiger partial charge on any atom is 0.0564 e. The predicted molar refractivity (Wildman–Crippen MR) is 319 cm³/mol. The number of hydrogen-bond donors (Lipinski definition) is 0. The van der Waals surface area contributed by atoms with Crippen molar-refractivity contribution in [2.45, 2.75) is 57.8 Å². The lowest BCUT2D eigenvalue weighted by atomic mass is 9.78. The molecule has 12 rings (SSSR count). The van der Waals surface area contributed by atoms with Crippen LogP contribution < -0.4 is 9.80 Å². The lowest BCUT2D eigenvalue weighted by Gasteiger charge is -2.34. The Kier molecular flexibility index (Phi) is 12.0. The van der Waals surface area contributed by atoms with Crippen molar-refractivity contribution >= 4 is 44.9 Å². The van der Waals surface area contributed by atoms with Crippen LogP contribution in [-0.4, -0.2) is 0 Å². The maximum absolute atomic E-state index is 2.51. The van der Waals surface area contributed by atoms with Gasteiger partial charge in [0, 0.05) is 50.2 Å². The molecule has 0 radical (unpaired) electrons. The highest BCUT2D eigenvalue weighted by Crippen LogP contribution is 2.58. The maximum atomic E-state index is 2.51. The van der Waals surface area contributed by atoms with Crippen LogP contribution in [0.2, 0.25) is 0 Å². The Labute approximate surface area is 443 Å². The van der Waals surface area contributed by atoms with Gasteiger partial charge in [-0.2, -0.15) is 0 Å². The van der Waals surface area contributed by atoms with Gasteiger partial charge < -0.3 is 9.80 Å². The zero-order chi connectivity index (χ0) is 51.3. The largest absolute Gasteiger partial charge is 0.310 e. The van der Waals surface area contributed by atoms with Gasteiger partial charge >= 0.3 is 0 Å². The first-order valence-corrected chi connectivity index (χ1v) is 26.4. The van der Waals surface area contributed by atoms with E-state index in [1.165, 1.54) is 77.5 Å². The molecule has 0 atom stereocenters. The highest BCUT2D eigenvalue weighted by atomic mass is 15.2. The molecule has 0 unspecified atom stereocenters. The summed E-state index contributed by atoms with van der Waals surface area (Å²) in [6, 6.07) is 98.5. The van der Waals surface area contributed by atoms with E-state index in [9.17, 15) is 0 Å². The molecule has 0 bridgehead atoms. The van der Waals surface area contributed by atoms with E-state index in [2.05, 4.69) is 318 Å². The second kappa shape index (κ2) is 19.0. The SMILES string of the molecule is CC(C)(c1ccccc1)c1ccc(N(c2ccc(-c3ccccc3)cc2)c2cc(N(c3ccc(-c4ccccc4)cc3)c3ccc(C(C)(C)c4ccccc4)cc3)c3c(c2)C(C)(C)c2c-3ccc3ccccc23)cc1. The molecule has 75 heavy (non-hydrogen) atoms. The minimum Gasteiger partial charge on any atom is -0.310 e. The third-order valence-electron chi connectivity index (χ3n) is 16.2. The Bertz CT molecular complexity index is 3780. The van der Waals surface area contributed by atoms with Crippen LogP contribution in [0.3, 0.4) is 0 Å². The lowest BCUT2D eigenvalue weighted by Crippen LogP contribution is -2.20. The van der Waals surface area contributed by atoms with Crippen molar-refractivity contribution in [2.24, 2.45) is 0 Å². The van der Waals surface area contributed by atoms with Crippen LogP contribution in [0.1, 0.15) is 74.9 Å². The highest BCUT2D eigenvalue weighted by molar-refractivity contribution is 6.04. The van der Waals surface area contributed by atoms with E-state index in [4.69, 9.17) is 0 Å². The summed E-state index contributed by atoms with van der Waals surface area (Å²) in [5.74, 6) is 0. The molecule has 2 nitrogen and oxygen atoms in total. The second-order valence-corrected chi connectivity index (χ2v) is 21.8. The van der Waals surface area contributed by atoms with Gasteiger partial charge in [0.2, 0.25) is 0 Å². The molecule has 0 saturated heterocycles. The number of rotatable bonds is 12. The molecule has 1 aliphatic rings. The molecule has 1 aliphatic carbocycles. The zero-order valence-electron chi connectivity index (χ0n) is 43.8. The van der Waals surface area contributed by atoms with E-state index in [0.717, 1.165) is 34.1 Å². The fourth-order valence-corrected chi connectivity index (χ4v) is 11.8. The Balaban J connectivity index is 1.10. The van der Waals surface area contributed by atoms with E-state index in [1.54, 1.807) is 0 Å². The van der Waals surface area contributed by atoms with Gasteiger partial charge in [0.25, 0.3) is 0 Å². The third kappa shape index (κ3) is 8.51. The number of anilines is 6. The molecule has 0 N–H and O–H groups in total. The van der Waals surface area contributed by atoms with E-state index >= 15 is 0 Å². The van der Waals surface area contributed by atoms with Gasteiger partial charge in [-0.05, 0) is 133 Å². The van der Waals surface area contributed by atoms with E-state index < -0.39 is 0 Å². The number of hydrogen-bond acceptors (Lipinski definition) is 2. The number of benzene rings is 11. The van der Waals surface area contributed by atoms with Crippen LogP contribution in [0.15, 0.2) is 267 Å². The van der Waals surface area contributed by atoms with Crippen molar-refractivity contribution in [1.29, 1.82) is 0 Å². The summed E-state index contributed by atoms with van der Waals surface area (Å²) in [4.78, 5) is 4.98. The van der Waals surface area contributed by atoms with Crippen LogP contribution in [0.4, 0.5) is 34.1 Å². The Morgan fingerprint density at radius 3 is 1.16 bits per heavy atom. The number of fused-ring (bicyclic) bond motifs is 5. The first-order valence-electron chi connectivity index (χ1n) is 26.4.